The summed E-state index contributed by atoms with van der Waals surface area (Å²) in [6.45, 7) is 5.94. The van der Waals surface area contributed by atoms with Gasteiger partial charge in [-0.25, -0.2) is 0 Å². The molecule has 1 amide bonds. The highest BCUT2D eigenvalue weighted by atomic mass is 16.4. The number of carboxylic acids is 1. The topological polar surface area (TPSA) is 57.6 Å². The monoisotopic (exact) mass is 267 g/mol. The minimum atomic E-state index is -0.795. The molecule has 0 aromatic rings. The van der Waals surface area contributed by atoms with E-state index < -0.39 is 11.9 Å². The Morgan fingerprint density at radius 3 is 2.05 bits per heavy atom. The van der Waals surface area contributed by atoms with Gasteiger partial charge < -0.3 is 10.0 Å². The van der Waals surface area contributed by atoms with Crippen LogP contribution in [-0.2, 0) is 9.59 Å². The molecule has 2 aliphatic rings. The second-order valence-corrected chi connectivity index (χ2v) is 6.52. The van der Waals surface area contributed by atoms with Crippen LogP contribution in [-0.4, -0.2) is 35.0 Å². The maximum atomic E-state index is 12.6. The van der Waals surface area contributed by atoms with Gasteiger partial charge in [0.15, 0.2) is 0 Å². The van der Waals surface area contributed by atoms with Gasteiger partial charge in [0.05, 0.1) is 11.8 Å². The van der Waals surface area contributed by atoms with Gasteiger partial charge in [-0.1, -0.05) is 26.7 Å². The van der Waals surface area contributed by atoms with Crippen LogP contribution in [0.1, 0.15) is 46.0 Å². The first kappa shape index (κ1) is 14.4. The van der Waals surface area contributed by atoms with E-state index in [1.807, 2.05) is 4.90 Å². The van der Waals surface area contributed by atoms with Gasteiger partial charge in [-0.15, -0.1) is 0 Å². The lowest BCUT2D eigenvalue weighted by Crippen LogP contribution is -2.48. The van der Waals surface area contributed by atoms with Crippen molar-refractivity contribution in [3.05, 3.63) is 0 Å². The SMILES string of the molecule is C[C@H]1C[C@H](C)CN(C(=O)[C@@H]2CCCC[C@@H]2C(=O)O)C1. The third kappa shape index (κ3) is 3.28. The molecule has 4 nitrogen and oxygen atoms in total. The first-order valence-corrected chi connectivity index (χ1v) is 7.50. The summed E-state index contributed by atoms with van der Waals surface area (Å²) in [5, 5.41) is 9.29. The minimum absolute atomic E-state index is 0.0884. The van der Waals surface area contributed by atoms with Crippen LogP contribution in [0.5, 0.6) is 0 Å². The molecule has 4 atom stereocenters. The Kier molecular flexibility index (Phi) is 4.48. The molecule has 1 aliphatic carbocycles. The number of carbonyl (C=O) groups is 2. The molecule has 19 heavy (non-hydrogen) atoms. The van der Waals surface area contributed by atoms with Gasteiger partial charge in [0.2, 0.25) is 5.91 Å². The number of carbonyl (C=O) groups excluding carboxylic acids is 1. The highest BCUT2D eigenvalue weighted by molar-refractivity contribution is 5.85. The quantitative estimate of drug-likeness (QED) is 0.835. The summed E-state index contributed by atoms with van der Waals surface area (Å²) in [7, 11) is 0. The first-order valence-electron chi connectivity index (χ1n) is 7.50. The Morgan fingerprint density at radius 1 is 1.00 bits per heavy atom. The normalized spacial score (nSPS) is 36.0. The van der Waals surface area contributed by atoms with Crippen molar-refractivity contribution in [2.45, 2.75) is 46.0 Å². The van der Waals surface area contributed by atoms with E-state index in [-0.39, 0.29) is 11.8 Å². The third-order valence-electron chi connectivity index (χ3n) is 4.58. The van der Waals surface area contributed by atoms with Crippen LogP contribution in [0.15, 0.2) is 0 Å². The molecule has 1 N–H and O–H groups in total. The molecule has 0 radical (unpaired) electrons. The van der Waals surface area contributed by atoms with Crippen LogP contribution in [0, 0.1) is 23.7 Å². The van der Waals surface area contributed by atoms with Crippen LogP contribution in [0.3, 0.4) is 0 Å². The van der Waals surface area contributed by atoms with Crippen molar-refractivity contribution in [2.75, 3.05) is 13.1 Å². The van der Waals surface area contributed by atoms with E-state index in [1.54, 1.807) is 0 Å². The standard InChI is InChI=1S/C15H25NO3/c1-10-7-11(2)9-16(8-10)14(17)12-5-3-4-6-13(12)15(18)19/h10-13H,3-9H2,1-2H3,(H,18,19)/t10-,11-,12+,13-/m0/s1. The molecule has 1 saturated carbocycles. The summed E-state index contributed by atoms with van der Waals surface area (Å²) >= 11 is 0. The number of hydrogen-bond acceptors (Lipinski definition) is 2. The van der Waals surface area contributed by atoms with E-state index in [1.165, 1.54) is 0 Å². The molecule has 0 aromatic heterocycles. The Labute approximate surface area is 115 Å². The lowest BCUT2D eigenvalue weighted by molar-refractivity contribution is -0.153. The molecule has 0 unspecified atom stereocenters. The van der Waals surface area contributed by atoms with Crippen molar-refractivity contribution in [1.82, 2.24) is 4.90 Å². The fourth-order valence-electron chi connectivity index (χ4n) is 3.80. The van der Waals surface area contributed by atoms with Crippen molar-refractivity contribution in [3.8, 4) is 0 Å². The Balaban J connectivity index is 2.06. The van der Waals surface area contributed by atoms with Gasteiger partial charge in [-0.2, -0.15) is 0 Å². The second-order valence-electron chi connectivity index (χ2n) is 6.52. The number of nitrogens with zero attached hydrogens (tertiary/aromatic N) is 1. The zero-order valence-electron chi connectivity index (χ0n) is 12.0. The van der Waals surface area contributed by atoms with E-state index in [9.17, 15) is 14.7 Å². The number of hydrogen-bond donors (Lipinski definition) is 1. The van der Waals surface area contributed by atoms with Crippen LogP contribution < -0.4 is 0 Å². The summed E-state index contributed by atoms with van der Waals surface area (Å²) in [6, 6.07) is 0. The fraction of sp³-hybridized carbons (Fsp3) is 0.867. The molecule has 1 saturated heterocycles. The van der Waals surface area contributed by atoms with Gasteiger partial charge in [-0.3, -0.25) is 9.59 Å². The van der Waals surface area contributed by atoms with E-state index in [4.69, 9.17) is 0 Å². The highest BCUT2D eigenvalue weighted by Crippen LogP contribution is 2.33. The van der Waals surface area contributed by atoms with Gasteiger partial charge in [0.25, 0.3) is 0 Å². The molecule has 2 fully saturated rings. The van der Waals surface area contributed by atoms with Crippen molar-refractivity contribution in [2.24, 2.45) is 23.7 Å². The summed E-state index contributed by atoms with van der Waals surface area (Å²) in [5.74, 6) is -0.404. The molecule has 2 rings (SSSR count). The van der Waals surface area contributed by atoms with Crippen molar-refractivity contribution in [3.63, 3.8) is 0 Å². The third-order valence-corrected chi connectivity index (χ3v) is 4.58. The second kappa shape index (κ2) is 5.93. The lowest BCUT2D eigenvalue weighted by atomic mass is 9.78. The highest BCUT2D eigenvalue weighted by Gasteiger charge is 2.39. The molecular weight excluding hydrogens is 242 g/mol. The molecule has 0 aromatic carbocycles. The number of likely N-dealkylation sites (tertiary alicyclic amines) is 1. The fourth-order valence-corrected chi connectivity index (χ4v) is 3.80. The first-order chi connectivity index (χ1) is 8.99. The lowest BCUT2D eigenvalue weighted by Gasteiger charge is -2.39. The van der Waals surface area contributed by atoms with Gasteiger partial charge in [0, 0.05) is 13.1 Å². The summed E-state index contributed by atoms with van der Waals surface area (Å²) < 4.78 is 0. The van der Waals surface area contributed by atoms with Gasteiger partial charge >= 0.3 is 5.97 Å². The minimum Gasteiger partial charge on any atom is -0.481 e. The Morgan fingerprint density at radius 2 is 1.53 bits per heavy atom. The number of piperidine rings is 1. The van der Waals surface area contributed by atoms with Crippen molar-refractivity contribution >= 4 is 11.9 Å². The van der Waals surface area contributed by atoms with E-state index in [0.29, 0.717) is 18.3 Å². The van der Waals surface area contributed by atoms with Crippen molar-refractivity contribution in [1.29, 1.82) is 0 Å². The summed E-state index contributed by atoms with van der Waals surface area (Å²) in [6.07, 6.45) is 4.49. The molecule has 1 heterocycles. The van der Waals surface area contributed by atoms with E-state index in [2.05, 4.69) is 13.8 Å². The van der Waals surface area contributed by atoms with Crippen LogP contribution in [0.2, 0.25) is 0 Å². The zero-order chi connectivity index (χ0) is 14.0. The maximum absolute atomic E-state index is 12.6. The molecule has 1 aliphatic heterocycles. The molecule has 0 spiro atoms. The van der Waals surface area contributed by atoms with Crippen molar-refractivity contribution < 1.29 is 14.7 Å². The maximum Gasteiger partial charge on any atom is 0.307 e. The number of carboxylic acid groups (broad SMARTS) is 1. The van der Waals surface area contributed by atoms with E-state index >= 15 is 0 Å². The molecule has 108 valence electrons. The van der Waals surface area contributed by atoms with Gasteiger partial charge in [0.1, 0.15) is 0 Å². The van der Waals surface area contributed by atoms with E-state index in [0.717, 1.165) is 38.8 Å². The molecule has 4 heteroatoms. The predicted octanol–water partition coefficient (Wildman–Crippen LogP) is 2.38. The number of aliphatic carboxylic acids is 1. The van der Waals surface area contributed by atoms with Crippen LogP contribution in [0.4, 0.5) is 0 Å². The molecular formula is C15H25NO3. The number of amides is 1. The molecule has 0 bridgehead atoms. The average Bonchev–Trinajstić information content (AvgIpc) is 2.36. The predicted molar refractivity (Wildman–Crippen MR) is 72.6 cm³/mol. The summed E-state index contributed by atoms with van der Waals surface area (Å²) in [4.78, 5) is 25.9. The Hall–Kier alpha value is -1.06. The summed E-state index contributed by atoms with van der Waals surface area (Å²) in [5.41, 5.74) is 0. The number of rotatable bonds is 2. The van der Waals surface area contributed by atoms with Gasteiger partial charge in [-0.05, 0) is 31.1 Å². The zero-order valence-corrected chi connectivity index (χ0v) is 12.0. The van der Waals surface area contributed by atoms with Crippen LogP contribution >= 0.6 is 0 Å². The largest absolute Gasteiger partial charge is 0.481 e. The smallest absolute Gasteiger partial charge is 0.307 e. The van der Waals surface area contributed by atoms with Crippen LogP contribution in [0.25, 0.3) is 0 Å². The average molecular weight is 267 g/mol. The Bertz CT molecular complexity index is 345.